The minimum atomic E-state index is -0.856. The zero-order valence-electron chi connectivity index (χ0n) is 16.6. The minimum absolute atomic E-state index is 0.104. The van der Waals surface area contributed by atoms with E-state index in [4.69, 9.17) is 14.9 Å². The first kappa shape index (κ1) is 19.8. The highest BCUT2D eigenvalue weighted by molar-refractivity contribution is 5.74. The van der Waals surface area contributed by atoms with E-state index in [0.29, 0.717) is 28.7 Å². The van der Waals surface area contributed by atoms with Gasteiger partial charge >= 0.3 is 5.69 Å². The average molecular weight is 419 g/mol. The lowest BCUT2D eigenvalue weighted by Crippen LogP contribution is -2.31. The summed E-state index contributed by atoms with van der Waals surface area (Å²) in [4.78, 5) is 16.8. The number of aromatic hydroxyl groups is 1. The Hall–Kier alpha value is -4.52. The fraction of sp³-hybridized carbons (Fsp3) is 0.143. The van der Waals surface area contributed by atoms with Crippen molar-refractivity contribution in [1.82, 2.24) is 4.98 Å². The highest BCUT2D eigenvalue weighted by atomic mass is 16.6. The van der Waals surface area contributed by atoms with Crippen molar-refractivity contribution in [3.8, 4) is 17.6 Å². The molecule has 0 amide bonds. The first-order valence-electron chi connectivity index (χ1n) is 9.14. The number of oxazole rings is 1. The Bertz CT molecular complexity index is 1260. The van der Waals surface area contributed by atoms with Crippen LogP contribution in [-0.4, -0.2) is 22.1 Å². The zero-order chi connectivity index (χ0) is 22.3. The van der Waals surface area contributed by atoms with Gasteiger partial charge in [0.2, 0.25) is 11.6 Å². The molecule has 31 heavy (non-hydrogen) atoms. The number of hydrogen-bond acceptors (Lipinski definition) is 9. The average Bonchev–Trinajstić information content (AvgIpc) is 3.14. The first-order chi connectivity index (χ1) is 14.9. The van der Waals surface area contributed by atoms with Gasteiger partial charge in [0.05, 0.1) is 35.3 Å². The number of ether oxygens (including phenoxy) is 1. The molecule has 1 aliphatic heterocycles. The number of fused-ring (bicyclic) bond motifs is 1. The van der Waals surface area contributed by atoms with Crippen LogP contribution in [0.25, 0.3) is 0 Å². The van der Waals surface area contributed by atoms with Crippen LogP contribution in [0, 0.1) is 28.4 Å². The zero-order valence-corrected chi connectivity index (χ0v) is 16.6. The number of aryl methyl sites for hydroxylation is 1. The summed E-state index contributed by atoms with van der Waals surface area (Å²) in [5.41, 5.74) is 7.31. The van der Waals surface area contributed by atoms with Crippen molar-refractivity contribution in [1.29, 1.82) is 5.26 Å². The number of anilines is 2. The summed E-state index contributed by atoms with van der Waals surface area (Å²) < 4.78 is 10.9. The van der Waals surface area contributed by atoms with Gasteiger partial charge in [-0.15, -0.1) is 0 Å². The van der Waals surface area contributed by atoms with Gasteiger partial charge in [-0.3, -0.25) is 15.0 Å². The number of benzene rings is 2. The number of phenolic OH excluding ortho intramolecular Hbond substituents is 1. The number of hydrogen-bond donors (Lipinski definition) is 2. The van der Waals surface area contributed by atoms with E-state index in [1.807, 2.05) is 18.2 Å². The lowest BCUT2D eigenvalue weighted by molar-refractivity contribution is -0.386. The Morgan fingerprint density at radius 1 is 1.35 bits per heavy atom. The van der Waals surface area contributed by atoms with Gasteiger partial charge in [0.25, 0.3) is 0 Å². The van der Waals surface area contributed by atoms with Gasteiger partial charge in [0, 0.05) is 13.0 Å². The van der Waals surface area contributed by atoms with E-state index in [2.05, 4.69) is 11.1 Å². The molecule has 0 aliphatic carbocycles. The van der Waals surface area contributed by atoms with E-state index >= 15 is 0 Å². The lowest BCUT2D eigenvalue weighted by Gasteiger charge is -2.31. The minimum Gasteiger partial charge on any atom is -0.500 e. The number of nitro groups is 1. The second-order valence-corrected chi connectivity index (χ2v) is 6.79. The van der Waals surface area contributed by atoms with Crippen molar-refractivity contribution >= 4 is 17.3 Å². The quantitative estimate of drug-likeness (QED) is 0.477. The summed E-state index contributed by atoms with van der Waals surface area (Å²) >= 11 is 0. The molecule has 2 heterocycles. The molecule has 1 unspecified atom stereocenters. The number of nitrogens with two attached hydrogens (primary N) is 1. The van der Waals surface area contributed by atoms with Crippen LogP contribution in [0.4, 0.5) is 17.3 Å². The van der Waals surface area contributed by atoms with Crippen LogP contribution in [0.2, 0.25) is 0 Å². The third kappa shape index (κ3) is 3.08. The van der Waals surface area contributed by atoms with Crippen molar-refractivity contribution in [2.24, 2.45) is 5.73 Å². The number of allylic oxidation sites excluding steroid dienone is 1. The van der Waals surface area contributed by atoms with Crippen LogP contribution in [0.15, 0.2) is 58.3 Å². The second-order valence-electron chi connectivity index (χ2n) is 6.79. The van der Waals surface area contributed by atoms with Crippen LogP contribution in [-0.2, 0) is 0 Å². The van der Waals surface area contributed by atoms with Crippen molar-refractivity contribution in [3.63, 3.8) is 0 Å². The first-order valence-corrected chi connectivity index (χ1v) is 9.14. The molecule has 1 atom stereocenters. The molecule has 0 saturated carbocycles. The Morgan fingerprint density at radius 2 is 2.06 bits per heavy atom. The van der Waals surface area contributed by atoms with Crippen molar-refractivity contribution in [3.05, 3.63) is 81.1 Å². The maximum atomic E-state index is 11.5. The molecule has 3 aromatic rings. The van der Waals surface area contributed by atoms with Crippen molar-refractivity contribution in [2.45, 2.75) is 12.8 Å². The van der Waals surface area contributed by atoms with Gasteiger partial charge < -0.3 is 20.0 Å². The van der Waals surface area contributed by atoms with Crippen LogP contribution in [0.1, 0.15) is 23.1 Å². The van der Waals surface area contributed by atoms with Gasteiger partial charge in [-0.25, -0.2) is 4.98 Å². The summed E-state index contributed by atoms with van der Waals surface area (Å²) in [6.07, 6.45) is 0. The second kappa shape index (κ2) is 7.38. The fourth-order valence-electron chi connectivity index (χ4n) is 3.65. The standard InChI is InChI=1S/C21H17N5O5/c1-11-24-18-17(12-8-15(26(28)29)19(27)16(9-12)30-2)14(10-22)20(23)25(21(18)31-11)13-6-4-3-5-7-13/h3-9,17,27H,23H2,1-2H3. The number of para-hydroxylation sites is 1. The normalized spacial score (nSPS) is 15.4. The molecular formula is C21H17N5O5. The number of methoxy groups -OCH3 is 1. The maximum Gasteiger partial charge on any atom is 0.314 e. The van der Waals surface area contributed by atoms with Gasteiger partial charge in [0.1, 0.15) is 11.5 Å². The lowest BCUT2D eigenvalue weighted by atomic mass is 9.85. The predicted molar refractivity (Wildman–Crippen MR) is 110 cm³/mol. The SMILES string of the molecule is COc1cc(C2C(C#N)=C(N)N(c3ccccc3)c3oc(C)nc32)cc([N+](=O)[O-])c1O. The predicted octanol–water partition coefficient (Wildman–Crippen LogP) is 3.58. The molecular weight excluding hydrogens is 402 g/mol. The smallest absolute Gasteiger partial charge is 0.314 e. The summed E-state index contributed by atoms with van der Waals surface area (Å²) in [5.74, 6) is -0.817. The number of phenols is 1. The van der Waals surface area contributed by atoms with Crippen LogP contribution in [0.3, 0.4) is 0 Å². The van der Waals surface area contributed by atoms with Crippen molar-refractivity contribution in [2.75, 3.05) is 12.0 Å². The maximum absolute atomic E-state index is 11.5. The largest absolute Gasteiger partial charge is 0.500 e. The number of aromatic nitrogens is 1. The van der Waals surface area contributed by atoms with E-state index in [1.165, 1.54) is 19.2 Å². The molecule has 1 aromatic heterocycles. The molecule has 2 aromatic carbocycles. The molecule has 156 valence electrons. The van der Waals surface area contributed by atoms with E-state index in [-0.39, 0.29) is 17.1 Å². The van der Waals surface area contributed by atoms with Gasteiger partial charge in [-0.05, 0) is 23.8 Å². The number of rotatable bonds is 4. The number of nitro benzene ring substituents is 1. The van der Waals surface area contributed by atoms with E-state index in [9.17, 15) is 20.5 Å². The third-order valence-electron chi connectivity index (χ3n) is 4.99. The Balaban J connectivity index is 2.00. The van der Waals surface area contributed by atoms with Gasteiger partial charge in [-0.1, -0.05) is 18.2 Å². The number of nitrogens with zero attached hydrogens (tertiary/aromatic N) is 4. The molecule has 0 fully saturated rings. The molecule has 0 saturated heterocycles. The van der Waals surface area contributed by atoms with Gasteiger partial charge in [-0.2, -0.15) is 5.26 Å². The fourth-order valence-corrected chi connectivity index (χ4v) is 3.65. The molecule has 0 radical (unpaired) electrons. The molecule has 3 N–H and O–H groups in total. The molecule has 10 heteroatoms. The topological polar surface area (TPSA) is 152 Å². The van der Waals surface area contributed by atoms with Crippen LogP contribution >= 0.6 is 0 Å². The molecule has 0 spiro atoms. The highest BCUT2D eigenvalue weighted by Gasteiger charge is 2.39. The third-order valence-corrected chi connectivity index (χ3v) is 4.99. The van der Waals surface area contributed by atoms with E-state index in [1.54, 1.807) is 24.0 Å². The Morgan fingerprint density at radius 3 is 2.68 bits per heavy atom. The summed E-state index contributed by atoms with van der Waals surface area (Å²) in [7, 11) is 1.28. The van der Waals surface area contributed by atoms with Crippen LogP contribution in [0.5, 0.6) is 11.5 Å². The molecule has 1 aliphatic rings. The van der Waals surface area contributed by atoms with Gasteiger partial charge in [0.15, 0.2) is 11.6 Å². The van der Waals surface area contributed by atoms with E-state index < -0.39 is 22.3 Å². The summed E-state index contributed by atoms with van der Waals surface area (Å²) in [6.45, 7) is 1.65. The van der Waals surface area contributed by atoms with E-state index in [0.717, 1.165) is 0 Å². The Labute approximate surface area is 176 Å². The molecule has 10 nitrogen and oxygen atoms in total. The molecule has 0 bridgehead atoms. The Kier molecular flexibility index (Phi) is 4.71. The molecule has 4 rings (SSSR count). The summed E-state index contributed by atoms with van der Waals surface area (Å²) in [5, 5.41) is 31.6. The highest BCUT2D eigenvalue weighted by Crippen LogP contribution is 2.49. The monoisotopic (exact) mass is 419 g/mol. The summed E-state index contributed by atoms with van der Waals surface area (Å²) in [6, 6.07) is 13.8. The number of nitriles is 1. The van der Waals surface area contributed by atoms with Crippen molar-refractivity contribution < 1.29 is 19.2 Å². The van der Waals surface area contributed by atoms with Crippen LogP contribution < -0.4 is 15.4 Å².